The maximum Gasteiger partial charge on any atom is 0.226 e. The fourth-order valence-corrected chi connectivity index (χ4v) is 1.91. The molecule has 1 aliphatic heterocycles. The molecule has 0 atom stereocenters. The molecule has 0 aromatic carbocycles. The van der Waals surface area contributed by atoms with E-state index in [1.807, 2.05) is 7.05 Å². The molecular formula is C11H19N3O2. The Bertz CT molecular complexity index is 308. The van der Waals surface area contributed by atoms with E-state index in [1.54, 1.807) is 0 Å². The maximum atomic E-state index is 5.31. The van der Waals surface area contributed by atoms with Crippen LogP contribution in [-0.4, -0.2) is 36.9 Å². The van der Waals surface area contributed by atoms with Gasteiger partial charge in [-0.3, -0.25) is 0 Å². The average molecular weight is 225 g/mol. The molecule has 16 heavy (non-hydrogen) atoms. The van der Waals surface area contributed by atoms with E-state index in [4.69, 9.17) is 9.26 Å². The van der Waals surface area contributed by atoms with Crippen molar-refractivity contribution >= 4 is 0 Å². The van der Waals surface area contributed by atoms with Crippen LogP contribution in [0.15, 0.2) is 4.52 Å². The van der Waals surface area contributed by atoms with Gasteiger partial charge in [0.15, 0.2) is 5.82 Å². The van der Waals surface area contributed by atoms with E-state index in [1.165, 1.54) is 0 Å². The summed E-state index contributed by atoms with van der Waals surface area (Å²) >= 11 is 0. The summed E-state index contributed by atoms with van der Waals surface area (Å²) in [5.74, 6) is 2.05. The fraction of sp³-hybridized carbons (Fsp3) is 0.818. The number of rotatable bonds is 5. The fourth-order valence-electron chi connectivity index (χ4n) is 1.91. The smallest absolute Gasteiger partial charge is 0.226 e. The Hall–Kier alpha value is -0.940. The van der Waals surface area contributed by atoms with Crippen LogP contribution in [0.1, 0.15) is 36.9 Å². The van der Waals surface area contributed by atoms with Crippen molar-refractivity contribution in [1.29, 1.82) is 0 Å². The van der Waals surface area contributed by atoms with Crippen molar-refractivity contribution in [3.63, 3.8) is 0 Å². The lowest BCUT2D eigenvalue weighted by Gasteiger charge is -2.18. The Morgan fingerprint density at radius 1 is 1.38 bits per heavy atom. The molecule has 5 heteroatoms. The number of aromatic nitrogens is 2. The number of hydrogen-bond acceptors (Lipinski definition) is 5. The minimum atomic E-state index is 0.426. The van der Waals surface area contributed by atoms with Gasteiger partial charge in [-0.25, -0.2) is 0 Å². The third kappa shape index (κ3) is 3.02. The molecule has 2 heterocycles. The van der Waals surface area contributed by atoms with Crippen LogP contribution in [0.4, 0.5) is 0 Å². The molecular weight excluding hydrogens is 206 g/mol. The standard InChI is InChI=1S/C11H19N3O2/c1-12-6-2-3-10-13-11(14-16-10)9-4-7-15-8-5-9/h9,12H,2-8H2,1H3. The number of nitrogens with one attached hydrogen (secondary N) is 1. The zero-order chi connectivity index (χ0) is 11.2. The second kappa shape index (κ2) is 5.96. The summed E-state index contributed by atoms with van der Waals surface area (Å²) in [7, 11) is 1.95. The predicted molar refractivity (Wildman–Crippen MR) is 59.3 cm³/mol. The van der Waals surface area contributed by atoms with Crippen molar-refractivity contribution in [3.8, 4) is 0 Å². The first-order valence-electron chi connectivity index (χ1n) is 5.95. The second-order valence-corrected chi connectivity index (χ2v) is 4.14. The number of nitrogens with zero attached hydrogens (tertiary/aromatic N) is 2. The highest BCUT2D eigenvalue weighted by Crippen LogP contribution is 2.24. The van der Waals surface area contributed by atoms with E-state index in [0.29, 0.717) is 5.92 Å². The summed E-state index contributed by atoms with van der Waals surface area (Å²) in [6.45, 7) is 2.61. The maximum absolute atomic E-state index is 5.31. The highest BCUT2D eigenvalue weighted by molar-refractivity contribution is 4.96. The van der Waals surface area contributed by atoms with Gasteiger partial charge >= 0.3 is 0 Å². The zero-order valence-corrected chi connectivity index (χ0v) is 9.74. The highest BCUT2D eigenvalue weighted by Gasteiger charge is 2.20. The van der Waals surface area contributed by atoms with Gasteiger partial charge < -0.3 is 14.6 Å². The van der Waals surface area contributed by atoms with Gasteiger partial charge in [0.1, 0.15) is 0 Å². The molecule has 0 spiro atoms. The molecule has 1 saturated heterocycles. The van der Waals surface area contributed by atoms with Crippen LogP contribution < -0.4 is 5.32 Å². The first kappa shape index (κ1) is 11.5. The SMILES string of the molecule is CNCCCc1nc(C2CCOCC2)no1. The third-order valence-electron chi connectivity index (χ3n) is 2.89. The van der Waals surface area contributed by atoms with Crippen molar-refractivity contribution in [2.75, 3.05) is 26.8 Å². The van der Waals surface area contributed by atoms with Crippen LogP contribution in [0, 0.1) is 0 Å². The van der Waals surface area contributed by atoms with E-state index in [-0.39, 0.29) is 0 Å². The summed E-state index contributed by atoms with van der Waals surface area (Å²) < 4.78 is 10.5. The first-order chi connectivity index (χ1) is 7.90. The molecule has 1 aromatic heterocycles. The van der Waals surface area contributed by atoms with Gasteiger partial charge in [0.25, 0.3) is 0 Å². The lowest BCUT2D eigenvalue weighted by Crippen LogP contribution is -2.15. The quantitative estimate of drug-likeness (QED) is 0.761. The van der Waals surface area contributed by atoms with Crippen molar-refractivity contribution < 1.29 is 9.26 Å². The molecule has 0 amide bonds. The summed E-state index contributed by atoms with van der Waals surface area (Å²) in [4.78, 5) is 4.44. The second-order valence-electron chi connectivity index (χ2n) is 4.14. The molecule has 1 aliphatic rings. The van der Waals surface area contributed by atoms with Crippen molar-refractivity contribution in [1.82, 2.24) is 15.5 Å². The molecule has 0 bridgehead atoms. The molecule has 0 radical (unpaired) electrons. The van der Waals surface area contributed by atoms with Gasteiger partial charge in [-0.1, -0.05) is 5.16 Å². The van der Waals surface area contributed by atoms with E-state index >= 15 is 0 Å². The molecule has 1 N–H and O–H groups in total. The van der Waals surface area contributed by atoms with Crippen LogP contribution in [0.5, 0.6) is 0 Å². The normalized spacial score (nSPS) is 17.8. The third-order valence-corrected chi connectivity index (χ3v) is 2.89. The van der Waals surface area contributed by atoms with Gasteiger partial charge in [-0.15, -0.1) is 0 Å². The first-order valence-corrected chi connectivity index (χ1v) is 5.95. The molecule has 1 fully saturated rings. The topological polar surface area (TPSA) is 60.2 Å². The summed E-state index contributed by atoms with van der Waals surface area (Å²) in [6.07, 6.45) is 3.91. The Morgan fingerprint density at radius 2 is 2.19 bits per heavy atom. The van der Waals surface area contributed by atoms with Crippen LogP contribution in [-0.2, 0) is 11.2 Å². The van der Waals surface area contributed by atoms with Crippen LogP contribution in [0.2, 0.25) is 0 Å². The van der Waals surface area contributed by atoms with E-state index < -0.39 is 0 Å². The Kier molecular flexibility index (Phi) is 4.30. The molecule has 1 aromatic rings. The molecule has 0 saturated carbocycles. The zero-order valence-electron chi connectivity index (χ0n) is 9.74. The number of aryl methyl sites for hydroxylation is 1. The van der Waals surface area contributed by atoms with E-state index in [2.05, 4.69) is 15.5 Å². The molecule has 90 valence electrons. The Balaban J connectivity index is 1.85. The summed E-state index contributed by atoms with van der Waals surface area (Å²) in [5, 5.41) is 7.16. The molecule has 0 unspecified atom stereocenters. The molecule has 5 nitrogen and oxygen atoms in total. The summed E-state index contributed by atoms with van der Waals surface area (Å²) in [5.41, 5.74) is 0. The van der Waals surface area contributed by atoms with Gasteiger partial charge in [0, 0.05) is 25.6 Å². The van der Waals surface area contributed by atoms with E-state index in [9.17, 15) is 0 Å². The number of ether oxygens (including phenoxy) is 1. The Labute approximate surface area is 95.6 Å². The average Bonchev–Trinajstić information content (AvgIpc) is 2.79. The van der Waals surface area contributed by atoms with Gasteiger partial charge in [0.05, 0.1) is 0 Å². The summed E-state index contributed by atoms with van der Waals surface area (Å²) in [6, 6.07) is 0. The van der Waals surface area contributed by atoms with Gasteiger partial charge in [-0.2, -0.15) is 4.98 Å². The van der Waals surface area contributed by atoms with Crippen molar-refractivity contribution in [2.45, 2.75) is 31.6 Å². The lowest BCUT2D eigenvalue weighted by molar-refractivity contribution is 0.0830. The largest absolute Gasteiger partial charge is 0.381 e. The van der Waals surface area contributed by atoms with Crippen LogP contribution >= 0.6 is 0 Å². The minimum Gasteiger partial charge on any atom is -0.381 e. The Morgan fingerprint density at radius 3 is 2.94 bits per heavy atom. The van der Waals surface area contributed by atoms with Crippen molar-refractivity contribution in [2.24, 2.45) is 0 Å². The monoisotopic (exact) mass is 225 g/mol. The van der Waals surface area contributed by atoms with Gasteiger partial charge in [0.2, 0.25) is 5.89 Å². The highest BCUT2D eigenvalue weighted by atomic mass is 16.5. The lowest BCUT2D eigenvalue weighted by atomic mass is 10.00. The van der Waals surface area contributed by atoms with Crippen molar-refractivity contribution in [3.05, 3.63) is 11.7 Å². The molecule has 0 aliphatic carbocycles. The van der Waals surface area contributed by atoms with Crippen LogP contribution in [0.3, 0.4) is 0 Å². The van der Waals surface area contributed by atoms with Crippen LogP contribution in [0.25, 0.3) is 0 Å². The van der Waals surface area contributed by atoms with E-state index in [0.717, 1.165) is 57.2 Å². The predicted octanol–water partition coefficient (Wildman–Crippen LogP) is 1.12. The molecule has 2 rings (SSSR count). The number of hydrogen-bond donors (Lipinski definition) is 1. The van der Waals surface area contributed by atoms with Gasteiger partial charge in [-0.05, 0) is 32.9 Å². The minimum absolute atomic E-state index is 0.426.